The third-order valence-corrected chi connectivity index (χ3v) is 7.50. The van der Waals surface area contributed by atoms with Crippen molar-refractivity contribution in [2.75, 3.05) is 5.75 Å². The molecular formula is C24H27BrClFN2O2S. The van der Waals surface area contributed by atoms with Gasteiger partial charge in [0.15, 0.2) is 0 Å². The molecule has 2 amide bonds. The number of carbonyl (C=O) groups is 2. The molecule has 1 N–H and O–H groups in total. The summed E-state index contributed by atoms with van der Waals surface area (Å²) in [7, 11) is 0. The summed E-state index contributed by atoms with van der Waals surface area (Å²) in [4.78, 5) is 27.6. The number of carbonyl (C=O) groups excluding carboxylic acids is 2. The molecule has 2 aromatic rings. The highest BCUT2D eigenvalue weighted by atomic mass is 79.9. The number of halogens is 3. The van der Waals surface area contributed by atoms with Gasteiger partial charge < -0.3 is 10.2 Å². The van der Waals surface area contributed by atoms with Crippen molar-refractivity contribution in [1.82, 2.24) is 10.2 Å². The Labute approximate surface area is 206 Å². The van der Waals surface area contributed by atoms with E-state index in [4.69, 9.17) is 11.6 Å². The monoisotopic (exact) mass is 540 g/mol. The molecule has 172 valence electrons. The molecule has 1 aliphatic carbocycles. The number of rotatable bonds is 9. The topological polar surface area (TPSA) is 49.4 Å². The molecule has 0 unspecified atom stereocenters. The van der Waals surface area contributed by atoms with Gasteiger partial charge in [-0.2, -0.15) is 0 Å². The van der Waals surface area contributed by atoms with Gasteiger partial charge in [0, 0.05) is 33.4 Å². The van der Waals surface area contributed by atoms with Crippen LogP contribution in [0.25, 0.3) is 0 Å². The van der Waals surface area contributed by atoms with Crippen LogP contribution in [0.2, 0.25) is 5.02 Å². The van der Waals surface area contributed by atoms with Crippen LogP contribution in [0.1, 0.15) is 43.7 Å². The van der Waals surface area contributed by atoms with Crippen LogP contribution < -0.4 is 5.32 Å². The van der Waals surface area contributed by atoms with E-state index in [-0.39, 0.29) is 35.2 Å². The molecule has 1 saturated carbocycles. The molecule has 0 spiro atoms. The van der Waals surface area contributed by atoms with Crippen LogP contribution in [0, 0.1) is 5.82 Å². The average Bonchev–Trinajstić information content (AvgIpc) is 3.27. The van der Waals surface area contributed by atoms with Crippen molar-refractivity contribution in [3.05, 3.63) is 68.9 Å². The summed E-state index contributed by atoms with van der Waals surface area (Å²) in [5.41, 5.74) is 1.32. The number of hydrogen-bond donors (Lipinski definition) is 1. The Hall–Kier alpha value is -1.57. The van der Waals surface area contributed by atoms with Gasteiger partial charge >= 0.3 is 0 Å². The van der Waals surface area contributed by atoms with E-state index >= 15 is 0 Å². The zero-order valence-electron chi connectivity index (χ0n) is 18.0. The van der Waals surface area contributed by atoms with Gasteiger partial charge in [-0.3, -0.25) is 9.59 Å². The standard InChI is InChI=1S/C24H27BrClFN2O2S/c1-16(24(31)28-19-5-2-3-6-19)29(13-17-9-11-18(25)12-10-17)23(30)15-32-14-20-21(26)7-4-8-22(20)27/h4,7-12,16,19H,2-3,5-6,13-15H2,1H3,(H,28,31)/t16-/m0/s1. The van der Waals surface area contributed by atoms with Crippen LogP contribution >= 0.6 is 39.3 Å². The fourth-order valence-electron chi connectivity index (χ4n) is 3.75. The molecule has 3 rings (SSSR count). The van der Waals surface area contributed by atoms with E-state index in [2.05, 4.69) is 21.2 Å². The van der Waals surface area contributed by atoms with Crippen molar-refractivity contribution in [2.24, 2.45) is 0 Å². The van der Waals surface area contributed by atoms with Crippen molar-refractivity contribution in [2.45, 2.75) is 57.0 Å². The number of thioether (sulfide) groups is 1. The third kappa shape index (κ3) is 6.96. The molecule has 8 heteroatoms. The molecule has 2 aromatic carbocycles. The van der Waals surface area contributed by atoms with Crippen molar-refractivity contribution in [3.8, 4) is 0 Å². The van der Waals surface area contributed by atoms with Crippen molar-refractivity contribution >= 4 is 51.1 Å². The number of nitrogens with one attached hydrogen (secondary N) is 1. The zero-order chi connectivity index (χ0) is 23.1. The van der Waals surface area contributed by atoms with E-state index < -0.39 is 6.04 Å². The van der Waals surface area contributed by atoms with Crippen LogP contribution in [0.4, 0.5) is 4.39 Å². The summed E-state index contributed by atoms with van der Waals surface area (Å²) in [5.74, 6) is -0.272. The van der Waals surface area contributed by atoms with Gasteiger partial charge in [-0.05, 0) is 49.6 Å². The molecule has 4 nitrogen and oxygen atoms in total. The minimum absolute atomic E-state index is 0.127. The number of hydrogen-bond acceptors (Lipinski definition) is 3. The lowest BCUT2D eigenvalue weighted by atomic mass is 10.1. The average molecular weight is 542 g/mol. The van der Waals surface area contributed by atoms with Crippen molar-refractivity contribution in [3.63, 3.8) is 0 Å². The van der Waals surface area contributed by atoms with Gasteiger partial charge in [0.2, 0.25) is 11.8 Å². The fraction of sp³-hybridized carbons (Fsp3) is 0.417. The maximum atomic E-state index is 14.0. The lowest BCUT2D eigenvalue weighted by molar-refractivity contribution is -0.138. The molecular weight excluding hydrogens is 515 g/mol. The lowest BCUT2D eigenvalue weighted by Crippen LogP contribution is -2.50. The van der Waals surface area contributed by atoms with Crippen molar-refractivity contribution < 1.29 is 14.0 Å². The van der Waals surface area contributed by atoms with Crippen LogP contribution in [0.3, 0.4) is 0 Å². The smallest absolute Gasteiger partial charge is 0.242 e. The number of amides is 2. The maximum absolute atomic E-state index is 14.0. The van der Waals surface area contributed by atoms with Crippen LogP contribution in [-0.4, -0.2) is 34.6 Å². The van der Waals surface area contributed by atoms with E-state index in [9.17, 15) is 14.0 Å². The SMILES string of the molecule is C[C@@H](C(=O)NC1CCCC1)N(Cc1ccc(Br)cc1)C(=O)CSCc1c(F)cccc1Cl. The first-order chi connectivity index (χ1) is 15.3. The van der Waals surface area contributed by atoms with Gasteiger partial charge in [-0.1, -0.05) is 58.6 Å². The Balaban J connectivity index is 1.67. The summed E-state index contributed by atoms with van der Waals surface area (Å²) in [6.07, 6.45) is 4.21. The van der Waals surface area contributed by atoms with Crippen LogP contribution in [0.5, 0.6) is 0 Å². The van der Waals surface area contributed by atoms with Gasteiger partial charge in [-0.15, -0.1) is 11.8 Å². The zero-order valence-corrected chi connectivity index (χ0v) is 21.1. The molecule has 0 saturated heterocycles. The summed E-state index contributed by atoms with van der Waals surface area (Å²) < 4.78 is 15.0. The van der Waals surface area contributed by atoms with E-state index in [0.29, 0.717) is 17.1 Å². The Morgan fingerprint density at radius 2 is 1.91 bits per heavy atom. The molecule has 1 fully saturated rings. The Morgan fingerprint density at radius 3 is 2.56 bits per heavy atom. The fourth-order valence-corrected chi connectivity index (χ4v) is 5.27. The Bertz CT molecular complexity index is 918. The number of benzene rings is 2. The molecule has 0 aliphatic heterocycles. The molecule has 0 bridgehead atoms. The molecule has 0 radical (unpaired) electrons. The normalized spacial score (nSPS) is 14.9. The molecule has 1 aliphatic rings. The minimum atomic E-state index is -0.607. The quantitative estimate of drug-likeness (QED) is 0.427. The maximum Gasteiger partial charge on any atom is 0.242 e. The van der Waals surface area contributed by atoms with E-state index in [1.165, 1.54) is 17.8 Å². The summed E-state index contributed by atoms with van der Waals surface area (Å²) in [6, 6.07) is 11.8. The molecule has 1 atom stereocenters. The van der Waals surface area contributed by atoms with Crippen molar-refractivity contribution in [1.29, 1.82) is 0 Å². The van der Waals surface area contributed by atoms with Crippen LogP contribution in [0.15, 0.2) is 46.9 Å². The second-order valence-electron chi connectivity index (χ2n) is 8.01. The highest BCUT2D eigenvalue weighted by Crippen LogP contribution is 2.25. The van der Waals surface area contributed by atoms with Gasteiger partial charge in [-0.25, -0.2) is 4.39 Å². The Morgan fingerprint density at radius 1 is 1.22 bits per heavy atom. The molecule has 0 heterocycles. The van der Waals surface area contributed by atoms with Gasteiger partial charge in [0.25, 0.3) is 0 Å². The highest BCUT2D eigenvalue weighted by Gasteiger charge is 2.28. The molecule has 0 aromatic heterocycles. The first-order valence-corrected chi connectivity index (χ1v) is 13.0. The predicted octanol–water partition coefficient (Wildman–Crippen LogP) is 5.95. The second-order valence-corrected chi connectivity index (χ2v) is 10.3. The van der Waals surface area contributed by atoms with E-state index in [1.807, 2.05) is 24.3 Å². The molecule has 32 heavy (non-hydrogen) atoms. The first-order valence-electron chi connectivity index (χ1n) is 10.7. The summed E-state index contributed by atoms with van der Waals surface area (Å²) in [5, 5.41) is 3.44. The lowest BCUT2D eigenvalue weighted by Gasteiger charge is -2.29. The first kappa shape index (κ1) is 25.1. The van der Waals surface area contributed by atoms with Gasteiger partial charge in [0.05, 0.1) is 5.75 Å². The highest BCUT2D eigenvalue weighted by molar-refractivity contribution is 9.10. The predicted molar refractivity (Wildman–Crippen MR) is 132 cm³/mol. The largest absolute Gasteiger partial charge is 0.352 e. The Kier molecular flexibility index (Phi) is 9.44. The summed E-state index contributed by atoms with van der Waals surface area (Å²) in [6.45, 7) is 2.09. The van der Waals surface area contributed by atoms with Crippen LogP contribution in [-0.2, 0) is 21.9 Å². The van der Waals surface area contributed by atoms with E-state index in [1.54, 1.807) is 24.0 Å². The third-order valence-electron chi connectivity index (χ3n) is 5.67. The number of nitrogens with zero attached hydrogens (tertiary/aromatic N) is 1. The minimum Gasteiger partial charge on any atom is -0.352 e. The second kappa shape index (κ2) is 12.1. The van der Waals surface area contributed by atoms with E-state index in [0.717, 1.165) is 35.7 Å². The summed E-state index contributed by atoms with van der Waals surface area (Å²) >= 11 is 10.8. The van der Waals surface area contributed by atoms with Gasteiger partial charge in [0.1, 0.15) is 11.9 Å².